The van der Waals surface area contributed by atoms with Crippen molar-refractivity contribution >= 4 is 43.0 Å². The van der Waals surface area contributed by atoms with E-state index in [1.165, 1.54) is 55.6 Å². The van der Waals surface area contributed by atoms with E-state index in [2.05, 4.69) is 223 Å². The maximum atomic E-state index is 5.78. The molecule has 0 amide bonds. The number of hydrogen-bond acceptors (Lipinski definition) is 3. The fraction of sp³-hybridized carbons (Fsp3) is 0.338. The van der Waals surface area contributed by atoms with E-state index in [4.69, 9.17) is 35.2 Å². The molecule has 6 heteroatoms. The van der Waals surface area contributed by atoms with Crippen LogP contribution in [0.4, 0.5) is 11.4 Å². The molecule has 7 aromatic rings. The second-order valence-corrected chi connectivity index (χ2v) is 25.4. The molecule has 6 aromatic carbocycles. The molecule has 1 aromatic heterocycles. The number of pyridine rings is 1. The Morgan fingerprint density at radius 3 is 0.873 bits per heavy atom. The topological polar surface area (TPSA) is 37.6 Å². The van der Waals surface area contributed by atoms with E-state index in [1.54, 1.807) is 0 Å². The SMILES string of the molecule is CC(C)(C)c1ccc(-c2cccc(-c3ccc(C(C)(C)C)cc3)c2N=C2CCCc3cc4c(nc32)C(=Nc2c(-c3ccc(C(C)(C)C)cc3)cccc2-c2ccc(C(C)(C)C)cc2)CCC4)cc1.[Cl][Fe][Cl]. The van der Waals surface area contributed by atoms with Gasteiger partial charge in [0, 0.05) is 22.3 Å². The van der Waals surface area contributed by atoms with Crippen molar-refractivity contribution in [2.45, 2.75) is 143 Å². The van der Waals surface area contributed by atoms with E-state index >= 15 is 0 Å². The molecule has 3 nitrogen and oxygen atoms in total. The van der Waals surface area contributed by atoms with Gasteiger partial charge in [0.25, 0.3) is 0 Å². The summed E-state index contributed by atoms with van der Waals surface area (Å²) < 4.78 is 0. The summed E-state index contributed by atoms with van der Waals surface area (Å²) in [6, 6.07) is 52.3. The molecule has 1 heterocycles. The zero-order valence-electron chi connectivity index (χ0n) is 44.0. The molecule has 0 unspecified atom stereocenters. The molecule has 368 valence electrons. The summed E-state index contributed by atoms with van der Waals surface area (Å²) in [6.07, 6.45) is 5.83. The van der Waals surface area contributed by atoms with Gasteiger partial charge in [0.05, 0.1) is 34.2 Å². The number of aryl methyl sites for hydroxylation is 2. The van der Waals surface area contributed by atoms with Gasteiger partial charge in [0.1, 0.15) is 0 Å². The second kappa shape index (κ2) is 21.2. The Kier molecular flexibility index (Phi) is 15.6. The first-order valence-electron chi connectivity index (χ1n) is 25.4. The van der Waals surface area contributed by atoms with E-state index in [0.717, 1.165) is 95.0 Å². The van der Waals surface area contributed by atoms with E-state index in [0.29, 0.717) is 0 Å². The number of nitrogens with zero attached hydrogens (tertiary/aromatic N) is 3. The van der Waals surface area contributed by atoms with Crippen molar-refractivity contribution < 1.29 is 13.1 Å². The monoisotopic (exact) mass is 1020 g/mol. The van der Waals surface area contributed by atoms with Gasteiger partial charge >= 0.3 is 33.3 Å². The van der Waals surface area contributed by atoms with Gasteiger partial charge < -0.3 is 0 Å². The Hall–Kier alpha value is -5.09. The van der Waals surface area contributed by atoms with Crippen molar-refractivity contribution in [3.05, 3.63) is 184 Å². The van der Waals surface area contributed by atoms with Crippen LogP contribution < -0.4 is 0 Å². The van der Waals surface area contributed by atoms with E-state index in [-0.39, 0.29) is 34.8 Å². The van der Waals surface area contributed by atoms with Crippen molar-refractivity contribution in [2.24, 2.45) is 9.98 Å². The zero-order chi connectivity index (χ0) is 50.9. The summed E-state index contributed by atoms with van der Waals surface area (Å²) in [5, 5.41) is 0. The van der Waals surface area contributed by atoms with Crippen LogP contribution in [0.3, 0.4) is 0 Å². The predicted octanol–water partition coefficient (Wildman–Crippen LogP) is 19.2. The van der Waals surface area contributed by atoms with Crippen LogP contribution in [-0.2, 0) is 47.6 Å². The van der Waals surface area contributed by atoms with E-state index in [1.807, 2.05) is 0 Å². The minimum absolute atomic E-state index is 0.0655. The normalized spacial score (nSPS) is 15.3. The van der Waals surface area contributed by atoms with Gasteiger partial charge in [-0.2, -0.15) is 0 Å². The first-order chi connectivity index (χ1) is 33.6. The van der Waals surface area contributed by atoms with Crippen molar-refractivity contribution in [3.8, 4) is 44.5 Å². The molecular formula is C65H71Cl2FeN3. The van der Waals surface area contributed by atoms with Gasteiger partial charge in [0.2, 0.25) is 0 Å². The Labute approximate surface area is 440 Å². The third kappa shape index (κ3) is 11.9. The number of hydrogen-bond donors (Lipinski definition) is 0. The van der Waals surface area contributed by atoms with Crippen LogP contribution in [0.15, 0.2) is 150 Å². The Balaban J connectivity index is 0.00000220. The summed E-state index contributed by atoms with van der Waals surface area (Å²) in [6.45, 7) is 27.3. The molecule has 0 fully saturated rings. The first kappa shape index (κ1) is 52.2. The second-order valence-electron chi connectivity index (χ2n) is 23.6. The van der Waals surface area contributed by atoms with Crippen LogP contribution in [0.5, 0.6) is 0 Å². The first-order valence-corrected chi connectivity index (χ1v) is 28.4. The van der Waals surface area contributed by atoms with Crippen LogP contribution >= 0.6 is 20.2 Å². The van der Waals surface area contributed by atoms with Crippen LogP contribution in [0.25, 0.3) is 44.5 Å². The Morgan fingerprint density at radius 2 is 0.634 bits per heavy atom. The van der Waals surface area contributed by atoms with Crippen molar-refractivity contribution in [2.75, 3.05) is 0 Å². The molecule has 0 N–H and O–H groups in total. The Bertz CT molecular complexity index is 2710. The van der Waals surface area contributed by atoms with Crippen molar-refractivity contribution in [1.29, 1.82) is 0 Å². The van der Waals surface area contributed by atoms with Gasteiger partial charge in [-0.25, -0.2) is 15.0 Å². The molecule has 0 aliphatic heterocycles. The van der Waals surface area contributed by atoms with Gasteiger partial charge in [-0.05, 0) is 116 Å². The predicted molar refractivity (Wildman–Crippen MR) is 304 cm³/mol. The van der Waals surface area contributed by atoms with Gasteiger partial charge in [-0.15, -0.1) is 0 Å². The molecule has 0 saturated carbocycles. The molecule has 0 saturated heterocycles. The third-order valence-electron chi connectivity index (χ3n) is 14.3. The zero-order valence-corrected chi connectivity index (χ0v) is 46.6. The van der Waals surface area contributed by atoms with Crippen LogP contribution in [0.2, 0.25) is 0 Å². The van der Waals surface area contributed by atoms with E-state index < -0.39 is 0 Å². The molecule has 2 aliphatic carbocycles. The molecule has 71 heavy (non-hydrogen) atoms. The molecule has 0 spiro atoms. The number of benzene rings is 6. The third-order valence-corrected chi connectivity index (χ3v) is 14.3. The fourth-order valence-corrected chi connectivity index (χ4v) is 9.96. The molecule has 9 rings (SSSR count). The van der Waals surface area contributed by atoms with Crippen LogP contribution in [0, 0.1) is 0 Å². The van der Waals surface area contributed by atoms with Crippen molar-refractivity contribution in [3.63, 3.8) is 0 Å². The van der Waals surface area contributed by atoms with Gasteiger partial charge in [0.15, 0.2) is 0 Å². The molecule has 0 radical (unpaired) electrons. The van der Waals surface area contributed by atoms with Gasteiger partial charge in [-0.3, -0.25) is 0 Å². The summed E-state index contributed by atoms with van der Waals surface area (Å²) in [7, 11) is 9.53. The maximum absolute atomic E-state index is 5.78. The van der Waals surface area contributed by atoms with Crippen molar-refractivity contribution in [1.82, 2.24) is 4.98 Å². The van der Waals surface area contributed by atoms with Gasteiger partial charge in [-0.1, -0.05) is 223 Å². The summed E-state index contributed by atoms with van der Waals surface area (Å²) >= 11 is 0.194. The summed E-state index contributed by atoms with van der Waals surface area (Å²) in [5.74, 6) is 0. The van der Waals surface area contributed by atoms with Crippen LogP contribution in [0.1, 0.15) is 154 Å². The molecule has 2 aliphatic rings. The average molecular weight is 1020 g/mol. The Morgan fingerprint density at radius 1 is 0.380 bits per heavy atom. The molecule has 0 atom stereocenters. The minimum atomic E-state index is 0.0655. The number of para-hydroxylation sites is 2. The number of halogens is 2. The fourth-order valence-electron chi connectivity index (χ4n) is 9.96. The standard InChI is InChI=1S/C65H71N3.2ClH.Fe/c1-62(2,3)48-33-25-42(26-34-48)52-19-15-20-53(43-27-35-49(36-28-43)63(4,5)6)60(52)66-56-23-13-17-46-41-47-18-14-24-57(59(47)68-58(46)56)67-61-54(44-29-37-50(38-30-44)64(7,8)9)21-16-22-55(61)45-31-39-51(40-32-45)65(10,11)12;;;/h15-16,19-22,25-41H,13-14,17-18,23-24H2,1-12H3;2*1H;/q;;;+2/p-2. The quantitative estimate of drug-likeness (QED) is 0.153. The summed E-state index contributed by atoms with van der Waals surface area (Å²) in [4.78, 5) is 17.3. The molecular weight excluding hydrogens is 949 g/mol. The molecule has 0 bridgehead atoms. The number of rotatable bonds is 6. The average Bonchev–Trinajstić information content (AvgIpc) is 3.33. The van der Waals surface area contributed by atoms with E-state index in [9.17, 15) is 0 Å². The number of fused-ring (bicyclic) bond motifs is 2. The summed E-state index contributed by atoms with van der Waals surface area (Å²) in [5.41, 5.74) is 23.6. The van der Waals surface area contributed by atoms with Crippen LogP contribution in [-0.4, -0.2) is 16.4 Å². The number of aliphatic imine (C=N–C) groups is 2. The number of aromatic nitrogens is 1.